The summed E-state index contributed by atoms with van der Waals surface area (Å²) in [6.45, 7) is 7.38. The fourth-order valence-corrected chi connectivity index (χ4v) is 3.81. The summed E-state index contributed by atoms with van der Waals surface area (Å²) in [7, 11) is 0. The van der Waals surface area contributed by atoms with E-state index in [-0.39, 0.29) is 37.4 Å². The highest BCUT2D eigenvalue weighted by molar-refractivity contribution is 5.80. The van der Waals surface area contributed by atoms with E-state index >= 15 is 0 Å². The Morgan fingerprint density at radius 1 is 1.09 bits per heavy atom. The molecule has 1 saturated heterocycles. The summed E-state index contributed by atoms with van der Waals surface area (Å²) in [4.78, 5) is 37.6. The predicted octanol–water partition coefficient (Wildman–Crippen LogP) is 3.48. The Kier molecular flexibility index (Phi) is 7.93. The Labute approximate surface area is 189 Å². The molecule has 1 aromatic carbocycles. The Bertz CT molecular complexity index is 794. The number of rotatable bonds is 6. The van der Waals surface area contributed by atoms with Crippen LogP contribution in [0.15, 0.2) is 30.3 Å². The van der Waals surface area contributed by atoms with Crippen LogP contribution in [0.1, 0.15) is 52.5 Å². The fraction of sp³-hybridized carbons (Fsp3) is 0.640. The molecule has 0 aromatic heterocycles. The first-order chi connectivity index (χ1) is 15.1. The molecule has 0 unspecified atom stereocenters. The van der Waals surface area contributed by atoms with E-state index < -0.39 is 35.7 Å². The Hall–Kier alpha value is -2.41. The molecule has 176 valence electrons. The van der Waals surface area contributed by atoms with Crippen LogP contribution in [0.2, 0.25) is 0 Å². The fourth-order valence-electron chi connectivity index (χ4n) is 3.81. The molecule has 1 heterocycles. The van der Waals surface area contributed by atoms with Gasteiger partial charge in [0.05, 0.1) is 31.5 Å². The van der Waals surface area contributed by atoms with E-state index in [1.54, 1.807) is 27.7 Å². The lowest BCUT2D eigenvalue weighted by Crippen LogP contribution is -2.41. The molecule has 2 aliphatic rings. The molecular formula is C25H34O7. The van der Waals surface area contributed by atoms with E-state index in [1.807, 2.05) is 30.3 Å². The third kappa shape index (κ3) is 7.33. The van der Waals surface area contributed by atoms with Gasteiger partial charge >= 0.3 is 17.9 Å². The summed E-state index contributed by atoms with van der Waals surface area (Å²) >= 11 is 0. The molecule has 2 fully saturated rings. The van der Waals surface area contributed by atoms with Gasteiger partial charge in [0.25, 0.3) is 0 Å². The van der Waals surface area contributed by atoms with Crippen LogP contribution in [0.3, 0.4) is 0 Å². The first-order valence-corrected chi connectivity index (χ1v) is 11.4. The van der Waals surface area contributed by atoms with E-state index in [0.29, 0.717) is 6.42 Å². The molecule has 1 aromatic rings. The summed E-state index contributed by atoms with van der Waals surface area (Å²) in [5, 5.41) is 0. The topological polar surface area (TPSA) is 88.1 Å². The Morgan fingerprint density at radius 2 is 1.78 bits per heavy atom. The lowest BCUT2D eigenvalue weighted by atomic mass is 9.91. The van der Waals surface area contributed by atoms with Crippen molar-refractivity contribution in [3.63, 3.8) is 0 Å². The highest BCUT2D eigenvalue weighted by atomic mass is 16.6. The van der Waals surface area contributed by atoms with Crippen molar-refractivity contribution in [2.45, 2.75) is 71.2 Å². The molecule has 1 saturated carbocycles. The molecular weight excluding hydrogens is 412 g/mol. The minimum absolute atomic E-state index is 0.0410. The van der Waals surface area contributed by atoms with Gasteiger partial charge in [-0.15, -0.1) is 0 Å². The SMILES string of the molecule is C[C@@H]1OC(=O)[C@@H](CC(=O)OC(C)(C)C)COC[C@H](Cc2ccccc2)[C@H]1OC(=O)C1CC1. The van der Waals surface area contributed by atoms with Crippen LogP contribution in [-0.2, 0) is 39.8 Å². The molecule has 0 spiro atoms. The molecule has 1 aliphatic carbocycles. The van der Waals surface area contributed by atoms with Crippen LogP contribution >= 0.6 is 0 Å². The summed E-state index contributed by atoms with van der Waals surface area (Å²) in [6, 6.07) is 9.87. The maximum absolute atomic E-state index is 12.8. The second-order valence-electron chi connectivity index (χ2n) is 9.79. The molecule has 0 radical (unpaired) electrons. The number of ether oxygens (including phenoxy) is 4. The molecule has 32 heavy (non-hydrogen) atoms. The summed E-state index contributed by atoms with van der Waals surface area (Å²) in [6.07, 6.45) is 0.852. The minimum atomic E-state index is -0.775. The third-order valence-corrected chi connectivity index (χ3v) is 5.55. The van der Waals surface area contributed by atoms with Crippen molar-refractivity contribution < 1.29 is 33.3 Å². The summed E-state index contributed by atoms with van der Waals surface area (Å²) < 4.78 is 22.8. The van der Waals surface area contributed by atoms with Crippen LogP contribution in [0.5, 0.6) is 0 Å². The second kappa shape index (κ2) is 10.5. The van der Waals surface area contributed by atoms with Gasteiger partial charge < -0.3 is 18.9 Å². The lowest BCUT2D eigenvalue weighted by molar-refractivity contribution is -0.175. The number of hydrogen-bond donors (Lipinski definition) is 0. The smallest absolute Gasteiger partial charge is 0.312 e. The van der Waals surface area contributed by atoms with Crippen LogP contribution in [0.4, 0.5) is 0 Å². The number of esters is 3. The molecule has 1 aliphatic heterocycles. The maximum Gasteiger partial charge on any atom is 0.312 e. The predicted molar refractivity (Wildman–Crippen MR) is 117 cm³/mol. The number of cyclic esters (lactones) is 1. The zero-order valence-electron chi connectivity index (χ0n) is 19.4. The first-order valence-electron chi connectivity index (χ1n) is 11.4. The normalized spacial score (nSPS) is 26.8. The van der Waals surface area contributed by atoms with E-state index in [4.69, 9.17) is 18.9 Å². The molecule has 0 N–H and O–H groups in total. The van der Waals surface area contributed by atoms with Gasteiger partial charge in [0.15, 0.2) is 0 Å². The summed E-state index contributed by atoms with van der Waals surface area (Å²) in [5.41, 5.74) is 0.438. The van der Waals surface area contributed by atoms with Crippen molar-refractivity contribution in [1.82, 2.24) is 0 Å². The first kappa shape index (κ1) is 24.2. The van der Waals surface area contributed by atoms with Gasteiger partial charge in [0.1, 0.15) is 17.8 Å². The molecule has 0 bridgehead atoms. The largest absolute Gasteiger partial charge is 0.460 e. The highest BCUT2D eigenvalue weighted by Gasteiger charge is 2.40. The lowest BCUT2D eigenvalue weighted by Gasteiger charge is -2.30. The van der Waals surface area contributed by atoms with Crippen LogP contribution in [0.25, 0.3) is 0 Å². The number of carbonyl (C=O) groups excluding carboxylic acids is 3. The average Bonchev–Trinajstić information content (AvgIpc) is 3.54. The van der Waals surface area contributed by atoms with Crippen LogP contribution < -0.4 is 0 Å². The average molecular weight is 447 g/mol. The van der Waals surface area contributed by atoms with E-state index in [9.17, 15) is 14.4 Å². The van der Waals surface area contributed by atoms with Gasteiger partial charge in [0, 0.05) is 5.92 Å². The van der Waals surface area contributed by atoms with Gasteiger partial charge in [-0.2, -0.15) is 0 Å². The number of benzene rings is 1. The Balaban J connectivity index is 1.74. The number of carbonyl (C=O) groups is 3. The van der Waals surface area contributed by atoms with Gasteiger partial charge in [-0.05, 0) is 52.5 Å². The van der Waals surface area contributed by atoms with Crippen molar-refractivity contribution in [3.05, 3.63) is 35.9 Å². The quantitative estimate of drug-likeness (QED) is 0.488. The Morgan fingerprint density at radius 3 is 2.41 bits per heavy atom. The van der Waals surface area contributed by atoms with Gasteiger partial charge in [-0.25, -0.2) is 0 Å². The summed E-state index contributed by atoms with van der Waals surface area (Å²) in [5.74, 6) is -2.31. The van der Waals surface area contributed by atoms with Crippen molar-refractivity contribution in [1.29, 1.82) is 0 Å². The third-order valence-electron chi connectivity index (χ3n) is 5.55. The van der Waals surface area contributed by atoms with Crippen molar-refractivity contribution in [2.24, 2.45) is 17.8 Å². The molecule has 4 atom stereocenters. The molecule has 7 nitrogen and oxygen atoms in total. The zero-order chi connectivity index (χ0) is 23.3. The zero-order valence-corrected chi connectivity index (χ0v) is 19.4. The van der Waals surface area contributed by atoms with Crippen molar-refractivity contribution in [3.8, 4) is 0 Å². The monoisotopic (exact) mass is 446 g/mol. The van der Waals surface area contributed by atoms with Gasteiger partial charge in [-0.3, -0.25) is 14.4 Å². The molecule has 0 amide bonds. The van der Waals surface area contributed by atoms with Gasteiger partial charge in [-0.1, -0.05) is 30.3 Å². The van der Waals surface area contributed by atoms with E-state index in [2.05, 4.69) is 0 Å². The standard InChI is InChI=1S/C25H34O7/c1-16-22(31-23(27)18-10-11-18)19(12-17-8-6-5-7-9-17)14-29-15-20(24(28)30-16)13-21(26)32-25(2,3)4/h5-9,16,18-20,22H,10-15H2,1-4H3/t16-,19-,20-,22-/m0/s1. The second-order valence-corrected chi connectivity index (χ2v) is 9.79. The van der Waals surface area contributed by atoms with Crippen molar-refractivity contribution in [2.75, 3.05) is 13.2 Å². The van der Waals surface area contributed by atoms with E-state index in [1.165, 1.54) is 0 Å². The minimum Gasteiger partial charge on any atom is -0.460 e. The number of hydrogen-bond acceptors (Lipinski definition) is 7. The maximum atomic E-state index is 12.8. The van der Waals surface area contributed by atoms with Crippen LogP contribution in [-0.4, -0.2) is 48.9 Å². The molecule has 3 rings (SSSR count). The molecule has 7 heteroatoms. The van der Waals surface area contributed by atoms with Gasteiger partial charge in [0.2, 0.25) is 0 Å². The van der Waals surface area contributed by atoms with E-state index in [0.717, 1.165) is 18.4 Å². The highest BCUT2D eigenvalue weighted by Crippen LogP contribution is 2.33. The van der Waals surface area contributed by atoms with Crippen LogP contribution in [0, 0.1) is 17.8 Å². The van der Waals surface area contributed by atoms with Crippen molar-refractivity contribution >= 4 is 17.9 Å².